The van der Waals surface area contributed by atoms with E-state index in [9.17, 15) is 0 Å². The van der Waals surface area contributed by atoms with Crippen LogP contribution >= 0.6 is 0 Å². The highest BCUT2D eigenvalue weighted by Crippen LogP contribution is 1.59. The van der Waals surface area contributed by atoms with Crippen molar-refractivity contribution in [1.29, 1.82) is 0 Å². The minimum absolute atomic E-state index is 0.0556. The summed E-state index contributed by atoms with van der Waals surface area (Å²) >= 11 is 0. The number of methoxy groups -OCH3 is 2. The Morgan fingerprint density at radius 1 is 1.22 bits per heavy atom. The van der Waals surface area contributed by atoms with E-state index in [0.29, 0.717) is 0 Å². The van der Waals surface area contributed by atoms with Crippen molar-refractivity contribution in [3.63, 3.8) is 0 Å². The molecule has 0 unspecified atom stereocenters. The first kappa shape index (κ1) is 11.6. The van der Waals surface area contributed by atoms with Crippen molar-refractivity contribution in [3.8, 4) is 0 Å². The van der Waals surface area contributed by atoms with Crippen molar-refractivity contribution < 1.29 is 24.7 Å². The molecular formula is C4H12O5. The fourth-order valence-electron chi connectivity index (χ4n) is 0.0527. The lowest BCUT2D eigenvalue weighted by molar-refractivity contribution is -0.290. The second-order valence-corrected chi connectivity index (χ2v) is 0.953. The molecule has 0 aliphatic heterocycles. The normalized spacial score (nSPS) is 8.00. The predicted octanol–water partition coefficient (Wildman–Crippen LogP) is -0.337. The minimum atomic E-state index is -0.181. The molecule has 58 valence electrons. The zero-order valence-electron chi connectivity index (χ0n) is 5.53. The zero-order valence-corrected chi connectivity index (χ0v) is 5.53. The van der Waals surface area contributed by atoms with Gasteiger partial charge in [0.05, 0.1) is 0 Å². The van der Waals surface area contributed by atoms with E-state index in [1.807, 2.05) is 0 Å². The second kappa shape index (κ2) is 15.7. The van der Waals surface area contributed by atoms with Gasteiger partial charge in [0.25, 0.3) is 0 Å². The van der Waals surface area contributed by atoms with E-state index >= 15 is 0 Å². The SMILES string of the molecule is COCO.COCOO. The van der Waals surface area contributed by atoms with Crippen LogP contribution in [-0.4, -0.2) is 38.2 Å². The Balaban J connectivity index is 0. The average molecular weight is 140 g/mol. The highest BCUT2D eigenvalue weighted by atomic mass is 17.1. The van der Waals surface area contributed by atoms with Crippen LogP contribution in [0.4, 0.5) is 0 Å². The van der Waals surface area contributed by atoms with Gasteiger partial charge < -0.3 is 14.6 Å². The number of rotatable bonds is 3. The Labute approximate surface area is 53.7 Å². The molecular weight excluding hydrogens is 128 g/mol. The van der Waals surface area contributed by atoms with E-state index < -0.39 is 0 Å². The molecule has 2 N–H and O–H groups in total. The van der Waals surface area contributed by atoms with Crippen molar-refractivity contribution in [3.05, 3.63) is 0 Å². The summed E-state index contributed by atoms with van der Waals surface area (Å²) < 4.78 is 8.32. The van der Waals surface area contributed by atoms with Crippen molar-refractivity contribution >= 4 is 0 Å². The summed E-state index contributed by atoms with van der Waals surface area (Å²) in [6, 6.07) is 0. The summed E-state index contributed by atoms with van der Waals surface area (Å²) in [4.78, 5) is 3.47. The molecule has 0 rings (SSSR count). The van der Waals surface area contributed by atoms with Crippen LogP contribution in [0.15, 0.2) is 0 Å². The molecule has 5 nitrogen and oxygen atoms in total. The first-order valence-electron chi connectivity index (χ1n) is 2.18. The third-order valence-corrected chi connectivity index (χ3v) is 0.300. The van der Waals surface area contributed by atoms with Crippen LogP contribution in [0, 0.1) is 0 Å². The molecule has 5 heteroatoms. The standard InChI is InChI=1S/C2H6O3.C2H6O2/c1-4-2-5-3;1-4-2-3/h3H,2H2,1H3;3H,2H2,1H3. The predicted molar refractivity (Wildman–Crippen MR) is 29.7 cm³/mol. The summed E-state index contributed by atoms with van der Waals surface area (Å²) in [7, 11) is 2.86. The van der Waals surface area contributed by atoms with Crippen molar-refractivity contribution in [1.82, 2.24) is 0 Å². The van der Waals surface area contributed by atoms with E-state index in [1.165, 1.54) is 14.2 Å². The van der Waals surface area contributed by atoms with Crippen LogP contribution in [-0.2, 0) is 14.4 Å². The maximum atomic E-state index is 7.65. The monoisotopic (exact) mass is 140 g/mol. The highest BCUT2D eigenvalue weighted by molar-refractivity contribution is 3.77. The molecule has 0 aliphatic carbocycles. The van der Waals surface area contributed by atoms with E-state index in [1.54, 1.807) is 0 Å². The summed E-state index contributed by atoms with van der Waals surface area (Å²) in [5.74, 6) is 0. The molecule has 0 fully saturated rings. The lowest BCUT2D eigenvalue weighted by Gasteiger charge is -1.85. The van der Waals surface area contributed by atoms with Gasteiger partial charge >= 0.3 is 0 Å². The zero-order chi connectivity index (χ0) is 7.54. The van der Waals surface area contributed by atoms with Gasteiger partial charge in [0.1, 0.15) is 6.79 Å². The van der Waals surface area contributed by atoms with Crippen molar-refractivity contribution in [2.75, 3.05) is 27.8 Å². The second-order valence-electron chi connectivity index (χ2n) is 0.953. The Hall–Kier alpha value is -0.200. The number of hydrogen-bond acceptors (Lipinski definition) is 5. The topological polar surface area (TPSA) is 68.2 Å². The van der Waals surface area contributed by atoms with Gasteiger partial charge in [0, 0.05) is 14.2 Å². The van der Waals surface area contributed by atoms with Crippen LogP contribution < -0.4 is 0 Å². The molecule has 0 aromatic carbocycles. The molecule has 0 atom stereocenters. The molecule has 0 amide bonds. The van der Waals surface area contributed by atoms with Crippen molar-refractivity contribution in [2.45, 2.75) is 0 Å². The van der Waals surface area contributed by atoms with Gasteiger partial charge in [-0.25, -0.2) is 10.1 Å². The van der Waals surface area contributed by atoms with E-state index in [4.69, 9.17) is 10.4 Å². The minimum Gasteiger partial charge on any atom is -0.371 e. The van der Waals surface area contributed by atoms with Crippen LogP contribution in [0.3, 0.4) is 0 Å². The Bertz CT molecular complexity index is 28.1. The Morgan fingerprint density at radius 2 is 1.67 bits per heavy atom. The van der Waals surface area contributed by atoms with E-state index in [0.717, 1.165) is 0 Å². The molecule has 0 saturated heterocycles. The lowest BCUT2D eigenvalue weighted by atomic mass is 11.4. The summed E-state index contributed by atoms with van der Waals surface area (Å²) in [5, 5.41) is 15.1. The molecule has 0 bridgehead atoms. The third kappa shape index (κ3) is 33.5. The van der Waals surface area contributed by atoms with Crippen LogP contribution in [0.25, 0.3) is 0 Å². The number of aliphatic hydroxyl groups excluding tert-OH is 1. The number of aliphatic hydroxyl groups is 1. The van der Waals surface area contributed by atoms with Gasteiger partial charge in [-0.05, 0) is 0 Å². The summed E-state index contributed by atoms with van der Waals surface area (Å²) in [5.41, 5.74) is 0. The van der Waals surface area contributed by atoms with Gasteiger partial charge in [-0.3, -0.25) is 0 Å². The average Bonchev–Trinajstić information content (AvgIpc) is 1.91. The van der Waals surface area contributed by atoms with Gasteiger partial charge in [-0.1, -0.05) is 0 Å². The van der Waals surface area contributed by atoms with Gasteiger partial charge in [0.15, 0.2) is 6.79 Å². The maximum Gasteiger partial charge on any atom is 0.180 e. The third-order valence-electron chi connectivity index (χ3n) is 0.300. The van der Waals surface area contributed by atoms with Crippen molar-refractivity contribution in [2.24, 2.45) is 0 Å². The smallest absolute Gasteiger partial charge is 0.180 e. The Kier molecular flexibility index (Phi) is 20.1. The van der Waals surface area contributed by atoms with Gasteiger partial charge in [0.2, 0.25) is 0 Å². The van der Waals surface area contributed by atoms with E-state index in [-0.39, 0.29) is 13.6 Å². The molecule has 0 aromatic heterocycles. The molecule has 0 aliphatic rings. The quantitative estimate of drug-likeness (QED) is 0.319. The molecule has 0 aromatic rings. The lowest BCUT2D eigenvalue weighted by Crippen LogP contribution is -1.88. The number of hydrogen-bond donors (Lipinski definition) is 2. The molecule has 0 heterocycles. The number of ether oxygens (including phenoxy) is 2. The Morgan fingerprint density at radius 3 is 1.67 bits per heavy atom. The highest BCUT2D eigenvalue weighted by Gasteiger charge is 1.65. The largest absolute Gasteiger partial charge is 0.371 e. The van der Waals surface area contributed by atoms with E-state index in [2.05, 4.69) is 14.4 Å². The molecule has 0 radical (unpaired) electrons. The maximum absolute atomic E-state index is 7.65. The molecule has 0 saturated carbocycles. The van der Waals surface area contributed by atoms with Crippen LogP contribution in [0.5, 0.6) is 0 Å². The first-order valence-corrected chi connectivity index (χ1v) is 2.18. The fraction of sp³-hybridized carbons (Fsp3) is 1.00. The van der Waals surface area contributed by atoms with Gasteiger partial charge in [-0.15, -0.1) is 0 Å². The summed E-state index contributed by atoms with van der Waals surface area (Å²) in [6.45, 7) is -0.236. The summed E-state index contributed by atoms with van der Waals surface area (Å²) in [6.07, 6.45) is 0. The fourth-order valence-corrected chi connectivity index (χ4v) is 0.0527. The van der Waals surface area contributed by atoms with Gasteiger partial charge in [-0.2, -0.15) is 0 Å². The molecule has 9 heavy (non-hydrogen) atoms. The molecule has 0 spiro atoms. The van der Waals surface area contributed by atoms with Crippen LogP contribution in [0.2, 0.25) is 0 Å². The first-order chi connectivity index (χ1) is 4.33. The van der Waals surface area contributed by atoms with Crippen LogP contribution in [0.1, 0.15) is 0 Å².